The maximum atomic E-state index is 11.4. The number of primary sulfonamides is 1. The summed E-state index contributed by atoms with van der Waals surface area (Å²) in [7, 11) is -3.70. The lowest BCUT2D eigenvalue weighted by molar-refractivity contribution is 0.598. The third kappa shape index (κ3) is 2.47. The topological polar surface area (TPSA) is 76.0 Å². The standard InChI is InChI=1S/C13H16N2O2S/c1-9(2)10-3-5-11(6-4-10)13-12(7-8-15-13)18(14,16)17/h3-9,15H,1-2H3,(H2,14,16,17). The van der Waals surface area contributed by atoms with Crippen LogP contribution >= 0.6 is 0 Å². The van der Waals surface area contributed by atoms with Gasteiger partial charge in [0.15, 0.2) is 0 Å². The predicted octanol–water partition coefficient (Wildman–Crippen LogP) is 2.45. The molecule has 2 aromatic rings. The second-order valence-corrected chi connectivity index (χ2v) is 6.07. The minimum Gasteiger partial charge on any atom is -0.360 e. The Balaban J connectivity index is 2.47. The van der Waals surface area contributed by atoms with E-state index in [9.17, 15) is 8.42 Å². The van der Waals surface area contributed by atoms with Gasteiger partial charge in [-0.15, -0.1) is 0 Å². The number of H-pyrrole nitrogens is 1. The number of aromatic amines is 1. The minimum atomic E-state index is -3.70. The van der Waals surface area contributed by atoms with Crippen LogP contribution in [0.25, 0.3) is 11.3 Å². The molecular weight excluding hydrogens is 248 g/mol. The van der Waals surface area contributed by atoms with Crippen LogP contribution in [-0.4, -0.2) is 13.4 Å². The molecule has 0 unspecified atom stereocenters. The Morgan fingerprint density at radius 2 is 1.72 bits per heavy atom. The molecule has 0 saturated heterocycles. The quantitative estimate of drug-likeness (QED) is 0.893. The normalized spacial score (nSPS) is 12.0. The van der Waals surface area contributed by atoms with Gasteiger partial charge in [0.1, 0.15) is 4.90 Å². The van der Waals surface area contributed by atoms with Crippen molar-refractivity contribution in [3.8, 4) is 11.3 Å². The molecule has 3 N–H and O–H groups in total. The van der Waals surface area contributed by atoms with Gasteiger partial charge < -0.3 is 4.98 Å². The first-order chi connectivity index (χ1) is 8.39. The largest absolute Gasteiger partial charge is 0.360 e. The van der Waals surface area contributed by atoms with E-state index in [4.69, 9.17) is 5.14 Å². The first-order valence-electron chi connectivity index (χ1n) is 5.70. The highest BCUT2D eigenvalue weighted by Gasteiger charge is 2.16. The molecule has 0 atom stereocenters. The van der Waals surface area contributed by atoms with E-state index in [1.807, 2.05) is 24.3 Å². The number of nitrogens with two attached hydrogens (primary N) is 1. The van der Waals surface area contributed by atoms with Gasteiger partial charge in [-0.2, -0.15) is 0 Å². The highest BCUT2D eigenvalue weighted by molar-refractivity contribution is 7.89. The second kappa shape index (κ2) is 4.59. The predicted molar refractivity (Wildman–Crippen MR) is 71.7 cm³/mol. The van der Waals surface area contributed by atoms with E-state index >= 15 is 0 Å². The first-order valence-corrected chi connectivity index (χ1v) is 7.24. The molecule has 5 heteroatoms. The molecule has 1 aromatic carbocycles. The smallest absolute Gasteiger partial charge is 0.240 e. The Morgan fingerprint density at radius 3 is 2.22 bits per heavy atom. The van der Waals surface area contributed by atoms with E-state index in [0.29, 0.717) is 11.6 Å². The zero-order valence-corrected chi connectivity index (χ0v) is 11.2. The number of sulfonamides is 1. The fourth-order valence-corrected chi connectivity index (χ4v) is 2.57. The third-order valence-electron chi connectivity index (χ3n) is 2.88. The number of benzene rings is 1. The van der Waals surface area contributed by atoms with Crippen LogP contribution in [0.15, 0.2) is 41.4 Å². The summed E-state index contributed by atoms with van der Waals surface area (Å²) in [5, 5.41) is 5.17. The van der Waals surface area contributed by atoms with Crippen molar-refractivity contribution >= 4 is 10.0 Å². The molecule has 0 saturated carbocycles. The Kier molecular flexibility index (Phi) is 3.28. The van der Waals surface area contributed by atoms with Crippen LogP contribution in [0, 0.1) is 0 Å². The lowest BCUT2D eigenvalue weighted by Gasteiger charge is -2.07. The third-order valence-corrected chi connectivity index (χ3v) is 3.83. The molecule has 4 nitrogen and oxygen atoms in total. The zero-order chi connectivity index (χ0) is 13.3. The van der Waals surface area contributed by atoms with Crippen molar-refractivity contribution in [2.24, 2.45) is 5.14 Å². The molecule has 96 valence electrons. The van der Waals surface area contributed by atoms with Crippen molar-refractivity contribution in [2.75, 3.05) is 0 Å². The van der Waals surface area contributed by atoms with Crippen molar-refractivity contribution in [3.63, 3.8) is 0 Å². The fourth-order valence-electron chi connectivity index (χ4n) is 1.85. The molecule has 0 radical (unpaired) electrons. The Bertz CT molecular complexity index is 640. The number of aromatic nitrogens is 1. The lowest BCUT2D eigenvalue weighted by Crippen LogP contribution is -2.12. The second-order valence-electron chi connectivity index (χ2n) is 4.54. The van der Waals surface area contributed by atoms with Gasteiger partial charge in [-0.3, -0.25) is 0 Å². The van der Waals surface area contributed by atoms with Crippen molar-refractivity contribution in [2.45, 2.75) is 24.7 Å². The lowest BCUT2D eigenvalue weighted by atomic mass is 10.0. The van der Waals surface area contributed by atoms with Gasteiger partial charge in [0, 0.05) is 6.20 Å². The summed E-state index contributed by atoms with van der Waals surface area (Å²) in [6.45, 7) is 4.22. The molecule has 0 aliphatic heterocycles. The SMILES string of the molecule is CC(C)c1ccc(-c2[nH]ccc2S(N)(=O)=O)cc1. The van der Waals surface area contributed by atoms with Crippen molar-refractivity contribution in [1.29, 1.82) is 0 Å². The van der Waals surface area contributed by atoms with Gasteiger partial charge in [0.2, 0.25) is 10.0 Å². The molecule has 0 aliphatic carbocycles. The summed E-state index contributed by atoms with van der Waals surface area (Å²) in [6, 6.07) is 9.26. The molecular formula is C13H16N2O2S. The van der Waals surface area contributed by atoms with Gasteiger partial charge in [-0.05, 0) is 23.1 Å². The zero-order valence-electron chi connectivity index (χ0n) is 10.3. The Hall–Kier alpha value is -1.59. The Labute approximate surface area is 107 Å². The van der Waals surface area contributed by atoms with Crippen LogP contribution in [0.3, 0.4) is 0 Å². The molecule has 0 aliphatic rings. The number of hydrogen-bond donors (Lipinski definition) is 2. The van der Waals surface area contributed by atoms with Crippen LogP contribution in [0.4, 0.5) is 0 Å². The highest BCUT2D eigenvalue weighted by atomic mass is 32.2. The van der Waals surface area contributed by atoms with Crippen molar-refractivity contribution in [3.05, 3.63) is 42.1 Å². The molecule has 2 rings (SSSR count). The van der Waals surface area contributed by atoms with Crippen LogP contribution in [0.2, 0.25) is 0 Å². The number of rotatable bonds is 3. The van der Waals surface area contributed by atoms with E-state index in [0.717, 1.165) is 5.56 Å². The monoisotopic (exact) mass is 264 g/mol. The maximum absolute atomic E-state index is 11.4. The van der Waals surface area contributed by atoms with E-state index in [-0.39, 0.29) is 4.90 Å². The van der Waals surface area contributed by atoms with Gasteiger partial charge in [-0.1, -0.05) is 38.1 Å². The maximum Gasteiger partial charge on any atom is 0.240 e. The average Bonchev–Trinajstić information content (AvgIpc) is 2.77. The van der Waals surface area contributed by atoms with Crippen LogP contribution in [0.5, 0.6) is 0 Å². The van der Waals surface area contributed by atoms with Gasteiger partial charge in [-0.25, -0.2) is 13.6 Å². The van der Waals surface area contributed by atoms with Gasteiger partial charge in [0.05, 0.1) is 5.69 Å². The first kappa shape index (κ1) is 12.9. The van der Waals surface area contributed by atoms with Crippen molar-refractivity contribution in [1.82, 2.24) is 4.98 Å². The number of hydrogen-bond acceptors (Lipinski definition) is 2. The molecule has 1 aromatic heterocycles. The summed E-state index contributed by atoms with van der Waals surface area (Å²) in [4.78, 5) is 3.04. The van der Waals surface area contributed by atoms with Crippen LogP contribution in [-0.2, 0) is 10.0 Å². The van der Waals surface area contributed by atoms with Crippen LogP contribution < -0.4 is 5.14 Å². The fraction of sp³-hybridized carbons (Fsp3) is 0.231. The molecule has 0 amide bonds. The van der Waals surface area contributed by atoms with Crippen LogP contribution in [0.1, 0.15) is 25.3 Å². The van der Waals surface area contributed by atoms with Crippen molar-refractivity contribution < 1.29 is 8.42 Å². The van der Waals surface area contributed by atoms with E-state index in [2.05, 4.69) is 18.8 Å². The summed E-state index contributed by atoms with van der Waals surface area (Å²) in [5.74, 6) is 0.445. The molecule has 0 fully saturated rings. The molecule has 0 spiro atoms. The van der Waals surface area contributed by atoms with Gasteiger partial charge in [0.25, 0.3) is 0 Å². The summed E-state index contributed by atoms with van der Waals surface area (Å²) in [5.41, 5.74) is 2.56. The Morgan fingerprint density at radius 1 is 1.11 bits per heavy atom. The molecule has 0 bridgehead atoms. The van der Waals surface area contributed by atoms with Gasteiger partial charge >= 0.3 is 0 Å². The molecule has 18 heavy (non-hydrogen) atoms. The molecule has 1 heterocycles. The van der Waals surface area contributed by atoms with E-state index in [1.165, 1.54) is 11.6 Å². The van der Waals surface area contributed by atoms with E-state index in [1.54, 1.807) is 6.20 Å². The minimum absolute atomic E-state index is 0.125. The summed E-state index contributed by atoms with van der Waals surface area (Å²) >= 11 is 0. The number of nitrogens with one attached hydrogen (secondary N) is 1. The average molecular weight is 264 g/mol. The summed E-state index contributed by atoms with van der Waals surface area (Å²) < 4.78 is 22.8. The summed E-state index contributed by atoms with van der Waals surface area (Å²) in [6.07, 6.45) is 1.57. The van der Waals surface area contributed by atoms with E-state index < -0.39 is 10.0 Å². The highest BCUT2D eigenvalue weighted by Crippen LogP contribution is 2.26.